The van der Waals surface area contributed by atoms with E-state index in [1.54, 1.807) is 11.7 Å². The molecular weight excluding hydrogens is 372 g/mol. The molecule has 4 aromatic rings. The van der Waals surface area contributed by atoms with Gasteiger partial charge in [-0.3, -0.25) is 9.36 Å². The number of aryl methyl sites for hydroxylation is 1. The summed E-state index contributed by atoms with van der Waals surface area (Å²) in [5, 5.41) is 17.7. The molecule has 1 aromatic carbocycles. The Morgan fingerprint density at radius 3 is 2.92 bits per heavy atom. The zero-order valence-corrected chi connectivity index (χ0v) is 15.6. The molecule has 0 aliphatic rings. The number of benzene rings is 1. The van der Waals surface area contributed by atoms with Gasteiger partial charge in [-0.2, -0.15) is 0 Å². The Kier molecular flexibility index (Phi) is 4.39. The molecule has 3 aromatic heterocycles. The third-order valence-corrected chi connectivity index (χ3v) is 5.29. The lowest BCUT2D eigenvalue weighted by Gasteiger charge is -2.05. The third-order valence-electron chi connectivity index (χ3n) is 3.51. The van der Waals surface area contributed by atoms with Gasteiger partial charge in [-0.25, -0.2) is 14.6 Å². The van der Waals surface area contributed by atoms with Crippen molar-refractivity contribution in [1.82, 2.24) is 34.7 Å². The number of aromatic nitrogens is 7. The lowest BCUT2D eigenvalue weighted by molar-refractivity contribution is -0.114. The molecule has 4 rings (SSSR count). The van der Waals surface area contributed by atoms with Crippen LogP contribution in [0.2, 0.25) is 0 Å². The van der Waals surface area contributed by atoms with Gasteiger partial charge in [0.05, 0.1) is 16.7 Å². The fourth-order valence-electron chi connectivity index (χ4n) is 2.43. The first kappa shape index (κ1) is 16.7. The second-order valence-corrected chi connectivity index (χ2v) is 7.24. The number of thioether (sulfide) groups is 1. The number of tetrazole rings is 1. The minimum Gasteiger partial charge on any atom is -0.302 e. The number of hydrogen-bond acceptors (Lipinski definition) is 8. The highest BCUT2D eigenvalue weighted by atomic mass is 32.2. The second-order valence-electron chi connectivity index (χ2n) is 5.43. The molecule has 11 heteroatoms. The number of hydrogen-bond donors (Lipinski definition) is 1. The van der Waals surface area contributed by atoms with Crippen molar-refractivity contribution >= 4 is 45.2 Å². The van der Waals surface area contributed by atoms with Crippen molar-refractivity contribution in [2.24, 2.45) is 7.05 Å². The van der Waals surface area contributed by atoms with E-state index < -0.39 is 0 Å². The minimum atomic E-state index is -0.130. The molecule has 0 unspecified atom stereocenters. The van der Waals surface area contributed by atoms with Crippen molar-refractivity contribution in [1.29, 1.82) is 0 Å². The lowest BCUT2D eigenvalue weighted by atomic mass is 10.3. The lowest BCUT2D eigenvalue weighted by Crippen LogP contribution is -2.06. The average Bonchev–Trinajstić information content (AvgIpc) is 3.30. The molecule has 0 aliphatic carbocycles. The third kappa shape index (κ3) is 3.18. The molecule has 0 fully saturated rings. The van der Waals surface area contributed by atoms with Crippen LogP contribution in [0.25, 0.3) is 17.0 Å². The van der Waals surface area contributed by atoms with E-state index in [0.717, 1.165) is 21.9 Å². The summed E-state index contributed by atoms with van der Waals surface area (Å²) in [6.07, 6.45) is 0. The van der Waals surface area contributed by atoms with E-state index >= 15 is 0 Å². The topological polar surface area (TPSA) is 103 Å². The number of carbonyl (C=O) groups is 1. The van der Waals surface area contributed by atoms with Crippen LogP contribution in [0.4, 0.5) is 5.13 Å². The smallest absolute Gasteiger partial charge is 0.256 e. The van der Waals surface area contributed by atoms with E-state index in [0.29, 0.717) is 16.8 Å². The van der Waals surface area contributed by atoms with Gasteiger partial charge in [-0.05, 0) is 22.6 Å². The average molecular weight is 386 g/mol. The van der Waals surface area contributed by atoms with Crippen molar-refractivity contribution in [3.63, 3.8) is 0 Å². The van der Waals surface area contributed by atoms with E-state index in [1.807, 2.05) is 34.2 Å². The number of rotatable bonds is 5. The van der Waals surface area contributed by atoms with Crippen LogP contribution in [-0.4, -0.2) is 40.6 Å². The number of nitrogens with zero attached hydrogens (tertiary/aromatic N) is 7. The molecule has 132 valence electrons. The van der Waals surface area contributed by atoms with Crippen molar-refractivity contribution in [3.8, 4) is 5.95 Å². The number of para-hydroxylation sites is 2. The first-order valence-electron chi connectivity index (χ1n) is 7.67. The first-order chi connectivity index (χ1) is 12.6. The summed E-state index contributed by atoms with van der Waals surface area (Å²) < 4.78 is 3.54. The molecule has 0 bridgehead atoms. The Morgan fingerprint density at radius 2 is 2.15 bits per heavy atom. The summed E-state index contributed by atoms with van der Waals surface area (Å²) in [5.41, 5.74) is 2.68. The minimum absolute atomic E-state index is 0.130. The van der Waals surface area contributed by atoms with E-state index in [2.05, 4.69) is 25.8 Å². The van der Waals surface area contributed by atoms with Gasteiger partial charge in [0.25, 0.3) is 5.95 Å². The van der Waals surface area contributed by atoms with Crippen LogP contribution in [0.3, 0.4) is 0 Å². The monoisotopic (exact) mass is 386 g/mol. The number of nitrogens with one attached hydrogen (secondary N) is 1. The summed E-state index contributed by atoms with van der Waals surface area (Å²) in [5.74, 6) is 1.08. The van der Waals surface area contributed by atoms with Gasteiger partial charge >= 0.3 is 0 Å². The van der Waals surface area contributed by atoms with Gasteiger partial charge in [0, 0.05) is 25.1 Å². The highest BCUT2D eigenvalue weighted by Gasteiger charge is 2.17. The fraction of sp³-hybridized carbons (Fsp3) is 0.200. The Bertz CT molecular complexity index is 1080. The zero-order valence-electron chi connectivity index (χ0n) is 13.9. The largest absolute Gasteiger partial charge is 0.302 e. The van der Waals surface area contributed by atoms with Gasteiger partial charge < -0.3 is 5.32 Å². The Labute approximate surface area is 156 Å². The maximum Gasteiger partial charge on any atom is 0.256 e. The summed E-state index contributed by atoms with van der Waals surface area (Å²) in [7, 11) is 1.79. The van der Waals surface area contributed by atoms with Crippen LogP contribution in [0.5, 0.6) is 0 Å². The Hall–Kier alpha value is -2.79. The van der Waals surface area contributed by atoms with Crippen molar-refractivity contribution in [3.05, 3.63) is 35.3 Å². The van der Waals surface area contributed by atoms with Crippen molar-refractivity contribution < 1.29 is 4.79 Å². The molecule has 1 amide bonds. The molecule has 0 saturated heterocycles. The molecule has 0 saturated carbocycles. The number of fused-ring (bicyclic) bond motifs is 1. The van der Waals surface area contributed by atoms with E-state index in [4.69, 9.17) is 4.98 Å². The van der Waals surface area contributed by atoms with Crippen LogP contribution < -0.4 is 5.32 Å². The summed E-state index contributed by atoms with van der Waals surface area (Å²) >= 11 is 2.94. The predicted octanol–water partition coefficient (Wildman–Crippen LogP) is 2.26. The van der Waals surface area contributed by atoms with E-state index in [1.165, 1.54) is 30.0 Å². The van der Waals surface area contributed by atoms with Crippen molar-refractivity contribution in [2.45, 2.75) is 17.8 Å². The summed E-state index contributed by atoms with van der Waals surface area (Å²) in [6.45, 7) is 1.47. The number of carbonyl (C=O) groups excluding carboxylic acids is 1. The molecule has 0 aliphatic heterocycles. The summed E-state index contributed by atoms with van der Waals surface area (Å²) in [6, 6.07) is 7.85. The standard InChI is InChI=1S/C15H14N8OS2/c1-9(24)16-13-17-10(7-25-13)8-26-15-18-11-5-3-4-6-12(11)23(15)14-19-20-21-22(14)2/h3-7H,8H2,1-2H3,(H,16,17,24). The van der Waals surface area contributed by atoms with Crippen LogP contribution in [0, 0.1) is 0 Å². The molecule has 3 heterocycles. The quantitative estimate of drug-likeness (QED) is 0.525. The normalized spacial score (nSPS) is 11.2. The summed E-state index contributed by atoms with van der Waals surface area (Å²) in [4.78, 5) is 20.2. The van der Waals surface area contributed by atoms with E-state index in [9.17, 15) is 4.79 Å². The molecule has 26 heavy (non-hydrogen) atoms. The molecule has 1 N–H and O–H groups in total. The molecule has 0 radical (unpaired) electrons. The molecule has 0 atom stereocenters. The van der Waals surface area contributed by atoms with E-state index in [-0.39, 0.29) is 5.91 Å². The van der Waals surface area contributed by atoms with Crippen LogP contribution in [0.1, 0.15) is 12.6 Å². The molecule has 0 spiro atoms. The SMILES string of the molecule is CC(=O)Nc1nc(CSc2nc3ccccc3n2-c2nnnn2C)cs1. The predicted molar refractivity (Wildman–Crippen MR) is 99.4 cm³/mol. The molecular formula is C15H14N8OS2. The number of anilines is 1. The van der Waals surface area contributed by atoms with Gasteiger partial charge in [0.2, 0.25) is 5.91 Å². The maximum absolute atomic E-state index is 11.1. The van der Waals surface area contributed by atoms with Crippen LogP contribution >= 0.6 is 23.1 Å². The van der Waals surface area contributed by atoms with Gasteiger partial charge in [0.1, 0.15) is 0 Å². The van der Waals surface area contributed by atoms with Gasteiger partial charge in [0.15, 0.2) is 10.3 Å². The highest BCUT2D eigenvalue weighted by Crippen LogP contribution is 2.29. The van der Waals surface area contributed by atoms with Gasteiger partial charge in [-0.1, -0.05) is 29.0 Å². The number of amides is 1. The number of imidazole rings is 1. The fourth-order valence-corrected chi connectivity index (χ4v) is 4.19. The Morgan fingerprint density at radius 1 is 1.31 bits per heavy atom. The highest BCUT2D eigenvalue weighted by molar-refractivity contribution is 7.98. The van der Waals surface area contributed by atoms with Gasteiger partial charge in [-0.15, -0.1) is 11.3 Å². The molecule has 9 nitrogen and oxygen atoms in total. The second kappa shape index (κ2) is 6.84. The van der Waals surface area contributed by atoms with Crippen molar-refractivity contribution in [2.75, 3.05) is 5.32 Å². The zero-order chi connectivity index (χ0) is 18.1. The first-order valence-corrected chi connectivity index (χ1v) is 9.53. The maximum atomic E-state index is 11.1. The Balaban J connectivity index is 1.65. The number of thiazole rings is 1. The van der Waals surface area contributed by atoms with Crippen LogP contribution in [0.15, 0.2) is 34.8 Å². The van der Waals surface area contributed by atoms with Crippen LogP contribution in [-0.2, 0) is 17.6 Å².